The van der Waals surface area contributed by atoms with E-state index >= 15 is 0 Å². The second-order valence-corrected chi connectivity index (χ2v) is 6.83. The third-order valence-corrected chi connectivity index (χ3v) is 4.30. The van der Waals surface area contributed by atoms with E-state index in [1.165, 1.54) is 38.1 Å². The molecule has 6 heteroatoms. The molecule has 2 unspecified atom stereocenters. The molecule has 1 aromatic rings. The predicted octanol–water partition coefficient (Wildman–Crippen LogP) is 2.49. The SMILES string of the molecule is CN=C(NCC(C)CN1CCCC1)NCC(C)Oc1cccc(F)c1. The molecule has 1 aliphatic heterocycles. The third kappa shape index (κ3) is 7.30. The van der Waals surface area contributed by atoms with Crippen LogP contribution in [0.15, 0.2) is 29.3 Å². The van der Waals surface area contributed by atoms with Gasteiger partial charge in [0, 0.05) is 26.2 Å². The lowest BCUT2D eigenvalue weighted by Gasteiger charge is -2.22. The average Bonchev–Trinajstić information content (AvgIpc) is 3.08. The highest BCUT2D eigenvalue weighted by molar-refractivity contribution is 5.79. The number of guanidine groups is 1. The van der Waals surface area contributed by atoms with Gasteiger partial charge in [-0.1, -0.05) is 13.0 Å². The van der Waals surface area contributed by atoms with Gasteiger partial charge in [-0.2, -0.15) is 0 Å². The molecule has 140 valence electrons. The van der Waals surface area contributed by atoms with E-state index in [9.17, 15) is 4.39 Å². The fourth-order valence-electron chi connectivity index (χ4n) is 3.02. The van der Waals surface area contributed by atoms with E-state index in [1.54, 1.807) is 19.2 Å². The topological polar surface area (TPSA) is 48.9 Å². The van der Waals surface area contributed by atoms with Crippen LogP contribution in [0.1, 0.15) is 26.7 Å². The minimum atomic E-state index is -0.290. The Bertz CT molecular complexity index is 546. The molecule has 2 atom stereocenters. The zero-order valence-corrected chi connectivity index (χ0v) is 15.6. The Labute approximate surface area is 150 Å². The van der Waals surface area contributed by atoms with Crippen LogP contribution in [0.2, 0.25) is 0 Å². The van der Waals surface area contributed by atoms with Gasteiger partial charge in [0.1, 0.15) is 17.7 Å². The van der Waals surface area contributed by atoms with Crippen LogP contribution in [-0.4, -0.2) is 56.7 Å². The first-order chi connectivity index (χ1) is 12.1. The zero-order valence-electron chi connectivity index (χ0n) is 15.6. The summed E-state index contributed by atoms with van der Waals surface area (Å²) < 4.78 is 18.9. The maximum Gasteiger partial charge on any atom is 0.191 e. The lowest BCUT2D eigenvalue weighted by molar-refractivity contribution is 0.223. The number of likely N-dealkylation sites (tertiary alicyclic amines) is 1. The van der Waals surface area contributed by atoms with Crippen LogP contribution in [-0.2, 0) is 0 Å². The van der Waals surface area contributed by atoms with Crippen molar-refractivity contribution in [3.8, 4) is 5.75 Å². The summed E-state index contributed by atoms with van der Waals surface area (Å²) in [4.78, 5) is 6.78. The number of benzene rings is 1. The van der Waals surface area contributed by atoms with Crippen LogP contribution < -0.4 is 15.4 Å². The Morgan fingerprint density at radius 3 is 2.64 bits per heavy atom. The zero-order chi connectivity index (χ0) is 18.1. The average molecular weight is 350 g/mol. The van der Waals surface area contributed by atoms with Crippen LogP contribution >= 0.6 is 0 Å². The molecule has 1 heterocycles. The van der Waals surface area contributed by atoms with Gasteiger partial charge in [0.15, 0.2) is 5.96 Å². The molecular formula is C19H31FN4O. The van der Waals surface area contributed by atoms with Crippen molar-refractivity contribution < 1.29 is 9.13 Å². The molecular weight excluding hydrogens is 319 g/mol. The fourth-order valence-corrected chi connectivity index (χ4v) is 3.02. The summed E-state index contributed by atoms with van der Waals surface area (Å²) in [5.74, 6) is 1.58. The number of ether oxygens (including phenoxy) is 1. The smallest absolute Gasteiger partial charge is 0.191 e. The van der Waals surface area contributed by atoms with E-state index in [0.717, 1.165) is 19.0 Å². The van der Waals surface area contributed by atoms with Crippen molar-refractivity contribution >= 4 is 5.96 Å². The summed E-state index contributed by atoms with van der Waals surface area (Å²) in [5, 5.41) is 6.63. The highest BCUT2D eigenvalue weighted by Crippen LogP contribution is 2.13. The first kappa shape index (κ1) is 19.5. The first-order valence-corrected chi connectivity index (χ1v) is 9.16. The molecule has 1 fully saturated rings. The van der Waals surface area contributed by atoms with Crippen molar-refractivity contribution in [2.24, 2.45) is 10.9 Å². The molecule has 25 heavy (non-hydrogen) atoms. The molecule has 0 saturated carbocycles. The summed E-state index contributed by atoms with van der Waals surface area (Å²) in [6.45, 7) is 9.27. The molecule has 0 aromatic heterocycles. The standard InChI is InChI=1S/C19H31FN4O/c1-15(14-24-9-4-5-10-24)12-22-19(21-3)23-13-16(2)25-18-8-6-7-17(20)11-18/h6-8,11,15-16H,4-5,9-10,12-14H2,1-3H3,(H2,21,22,23). The highest BCUT2D eigenvalue weighted by atomic mass is 19.1. The summed E-state index contributed by atoms with van der Waals surface area (Å²) in [6, 6.07) is 6.20. The second-order valence-electron chi connectivity index (χ2n) is 6.83. The number of halogens is 1. The van der Waals surface area contributed by atoms with Gasteiger partial charge in [-0.25, -0.2) is 4.39 Å². The summed E-state index contributed by atoms with van der Waals surface area (Å²) in [7, 11) is 1.76. The van der Waals surface area contributed by atoms with E-state index in [0.29, 0.717) is 18.2 Å². The lowest BCUT2D eigenvalue weighted by Crippen LogP contribution is -2.44. The normalized spacial score (nSPS) is 18.0. The molecule has 0 aliphatic carbocycles. The summed E-state index contributed by atoms with van der Waals surface area (Å²) >= 11 is 0. The van der Waals surface area contributed by atoms with Crippen LogP contribution in [0, 0.1) is 11.7 Å². The number of aliphatic imine (C=N–C) groups is 1. The molecule has 0 amide bonds. The van der Waals surface area contributed by atoms with Gasteiger partial charge in [0.2, 0.25) is 0 Å². The van der Waals surface area contributed by atoms with Gasteiger partial charge >= 0.3 is 0 Å². The Morgan fingerprint density at radius 2 is 1.96 bits per heavy atom. The van der Waals surface area contributed by atoms with Gasteiger partial charge in [-0.3, -0.25) is 4.99 Å². The Balaban J connectivity index is 1.66. The van der Waals surface area contributed by atoms with Gasteiger partial charge in [-0.05, 0) is 50.9 Å². The van der Waals surface area contributed by atoms with Crippen molar-refractivity contribution in [1.82, 2.24) is 15.5 Å². The molecule has 0 radical (unpaired) electrons. The first-order valence-electron chi connectivity index (χ1n) is 9.16. The third-order valence-electron chi connectivity index (χ3n) is 4.30. The van der Waals surface area contributed by atoms with Crippen molar-refractivity contribution in [2.45, 2.75) is 32.8 Å². The molecule has 2 N–H and O–H groups in total. The lowest BCUT2D eigenvalue weighted by atomic mass is 10.1. The van der Waals surface area contributed by atoms with Crippen LogP contribution in [0.25, 0.3) is 0 Å². The maximum absolute atomic E-state index is 13.2. The van der Waals surface area contributed by atoms with Crippen molar-refractivity contribution in [3.05, 3.63) is 30.1 Å². The molecule has 2 rings (SSSR count). The Morgan fingerprint density at radius 1 is 1.24 bits per heavy atom. The molecule has 5 nitrogen and oxygen atoms in total. The second kappa shape index (κ2) is 10.2. The van der Waals surface area contributed by atoms with Crippen molar-refractivity contribution in [3.63, 3.8) is 0 Å². The van der Waals surface area contributed by atoms with Gasteiger partial charge in [0.05, 0.1) is 6.54 Å². The minimum absolute atomic E-state index is 0.0950. The van der Waals surface area contributed by atoms with E-state index in [4.69, 9.17) is 4.74 Å². The van der Waals surface area contributed by atoms with Gasteiger partial charge in [0.25, 0.3) is 0 Å². The number of rotatable bonds is 8. The monoisotopic (exact) mass is 350 g/mol. The largest absolute Gasteiger partial charge is 0.489 e. The van der Waals surface area contributed by atoms with Crippen LogP contribution in [0.4, 0.5) is 4.39 Å². The number of hydrogen-bond donors (Lipinski definition) is 2. The molecule has 1 aromatic carbocycles. The van der Waals surface area contributed by atoms with E-state index < -0.39 is 0 Å². The maximum atomic E-state index is 13.2. The van der Waals surface area contributed by atoms with Gasteiger partial charge < -0.3 is 20.3 Å². The Hall–Kier alpha value is -1.82. The molecule has 0 bridgehead atoms. The van der Waals surface area contributed by atoms with Gasteiger partial charge in [-0.15, -0.1) is 0 Å². The quantitative estimate of drug-likeness (QED) is 0.559. The van der Waals surface area contributed by atoms with Crippen molar-refractivity contribution in [2.75, 3.05) is 39.8 Å². The van der Waals surface area contributed by atoms with E-state index in [-0.39, 0.29) is 11.9 Å². The van der Waals surface area contributed by atoms with Crippen LogP contribution in [0.3, 0.4) is 0 Å². The van der Waals surface area contributed by atoms with E-state index in [1.807, 2.05) is 6.92 Å². The van der Waals surface area contributed by atoms with Crippen LogP contribution in [0.5, 0.6) is 5.75 Å². The minimum Gasteiger partial charge on any atom is -0.489 e. The van der Waals surface area contributed by atoms with E-state index in [2.05, 4.69) is 27.4 Å². The molecule has 1 aliphatic rings. The number of nitrogens with one attached hydrogen (secondary N) is 2. The van der Waals surface area contributed by atoms with Crippen molar-refractivity contribution in [1.29, 1.82) is 0 Å². The number of nitrogens with zero attached hydrogens (tertiary/aromatic N) is 2. The Kier molecular flexibility index (Phi) is 7.98. The molecule has 0 spiro atoms. The number of hydrogen-bond acceptors (Lipinski definition) is 3. The fraction of sp³-hybridized carbons (Fsp3) is 0.632. The molecule has 1 saturated heterocycles. The highest BCUT2D eigenvalue weighted by Gasteiger charge is 2.15. The predicted molar refractivity (Wildman–Crippen MR) is 101 cm³/mol. The summed E-state index contributed by atoms with van der Waals surface area (Å²) in [5.41, 5.74) is 0. The summed E-state index contributed by atoms with van der Waals surface area (Å²) in [6.07, 6.45) is 2.56.